The molecule has 5 heteroatoms. The normalized spacial score (nSPS) is 32.4. The van der Waals surface area contributed by atoms with Gasteiger partial charge in [-0.2, -0.15) is 0 Å². The second-order valence-electron chi connectivity index (χ2n) is 5.25. The van der Waals surface area contributed by atoms with Crippen molar-refractivity contribution < 1.29 is 13.6 Å². The number of piperidine rings is 1. The summed E-state index contributed by atoms with van der Waals surface area (Å²) in [6.45, 7) is 2.58. The zero-order valence-corrected chi connectivity index (χ0v) is 9.98. The van der Waals surface area contributed by atoms with Gasteiger partial charge in [0, 0.05) is 25.3 Å². The number of rotatable bonds is 3. The Kier molecular flexibility index (Phi) is 3.97. The van der Waals surface area contributed by atoms with E-state index in [4.69, 9.17) is 0 Å². The van der Waals surface area contributed by atoms with E-state index in [1.165, 1.54) is 0 Å². The largest absolute Gasteiger partial charge is 0.356 e. The van der Waals surface area contributed by atoms with E-state index in [1.807, 2.05) is 0 Å². The van der Waals surface area contributed by atoms with Gasteiger partial charge in [0.2, 0.25) is 11.8 Å². The molecule has 2 unspecified atom stereocenters. The fourth-order valence-electron chi connectivity index (χ4n) is 2.66. The van der Waals surface area contributed by atoms with Gasteiger partial charge in [-0.15, -0.1) is 0 Å². The molecule has 2 aliphatic rings. The molecule has 2 rings (SSSR count). The van der Waals surface area contributed by atoms with Gasteiger partial charge in [-0.25, -0.2) is 8.78 Å². The van der Waals surface area contributed by atoms with Crippen molar-refractivity contribution in [2.75, 3.05) is 19.6 Å². The molecule has 98 valence electrons. The van der Waals surface area contributed by atoms with Crippen molar-refractivity contribution in [3.05, 3.63) is 0 Å². The molecule has 1 aliphatic heterocycles. The molecule has 17 heavy (non-hydrogen) atoms. The number of hydrogen-bond donors (Lipinski definition) is 2. The van der Waals surface area contributed by atoms with E-state index in [1.54, 1.807) is 0 Å². The van der Waals surface area contributed by atoms with Gasteiger partial charge in [0.05, 0.1) is 0 Å². The van der Waals surface area contributed by atoms with Crippen LogP contribution in [0.25, 0.3) is 0 Å². The van der Waals surface area contributed by atoms with Gasteiger partial charge in [0.15, 0.2) is 0 Å². The molecule has 1 amide bonds. The van der Waals surface area contributed by atoms with Crippen LogP contribution >= 0.6 is 0 Å². The number of halogens is 2. The first kappa shape index (κ1) is 12.7. The fraction of sp³-hybridized carbons (Fsp3) is 0.917. The first-order valence-corrected chi connectivity index (χ1v) is 6.43. The SMILES string of the molecule is O=C(NCC1CCCNC1)C1CCC(F)(F)C1. The Balaban J connectivity index is 1.70. The predicted octanol–water partition coefficient (Wildman–Crippen LogP) is 1.54. The third-order valence-corrected chi connectivity index (χ3v) is 3.74. The molecule has 0 aromatic heterocycles. The maximum absolute atomic E-state index is 13.0. The van der Waals surface area contributed by atoms with E-state index < -0.39 is 11.8 Å². The second-order valence-corrected chi connectivity index (χ2v) is 5.25. The number of nitrogens with one attached hydrogen (secondary N) is 2. The minimum atomic E-state index is -2.63. The molecular formula is C12H20F2N2O. The van der Waals surface area contributed by atoms with Gasteiger partial charge in [-0.05, 0) is 38.3 Å². The van der Waals surface area contributed by atoms with Crippen LogP contribution in [-0.2, 0) is 4.79 Å². The van der Waals surface area contributed by atoms with Crippen LogP contribution in [0.3, 0.4) is 0 Å². The molecule has 2 N–H and O–H groups in total. The van der Waals surface area contributed by atoms with Crippen molar-refractivity contribution in [3.8, 4) is 0 Å². The van der Waals surface area contributed by atoms with Gasteiger partial charge in [0.25, 0.3) is 0 Å². The Morgan fingerprint density at radius 2 is 2.24 bits per heavy atom. The lowest BCUT2D eigenvalue weighted by Gasteiger charge is -2.23. The average molecular weight is 246 g/mol. The van der Waals surface area contributed by atoms with Crippen LogP contribution in [0.1, 0.15) is 32.1 Å². The van der Waals surface area contributed by atoms with Crippen LogP contribution in [0.2, 0.25) is 0 Å². The van der Waals surface area contributed by atoms with Crippen LogP contribution in [0.5, 0.6) is 0 Å². The van der Waals surface area contributed by atoms with Crippen molar-refractivity contribution >= 4 is 5.91 Å². The number of amides is 1. The Morgan fingerprint density at radius 1 is 1.41 bits per heavy atom. The van der Waals surface area contributed by atoms with Gasteiger partial charge in [-0.3, -0.25) is 4.79 Å². The smallest absolute Gasteiger partial charge is 0.248 e. The van der Waals surface area contributed by atoms with Crippen LogP contribution in [0, 0.1) is 11.8 Å². The molecule has 1 aliphatic carbocycles. The maximum Gasteiger partial charge on any atom is 0.248 e. The lowest BCUT2D eigenvalue weighted by atomic mass is 9.99. The van der Waals surface area contributed by atoms with E-state index in [9.17, 15) is 13.6 Å². The van der Waals surface area contributed by atoms with Gasteiger partial charge in [0.1, 0.15) is 0 Å². The topological polar surface area (TPSA) is 41.1 Å². The van der Waals surface area contributed by atoms with Gasteiger partial charge >= 0.3 is 0 Å². The lowest BCUT2D eigenvalue weighted by Crippen LogP contribution is -2.39. The van der Waals surface area contributed by atoms with Crippen LogP contribution in [0.4, 0.5) is 8.78 Å². The van der Waals surface area contributed by atoms with Gasteiger partial charge < -0.3 is 10.6 Å². The Hall–Kier alpha value is -0.710. The summed E-state index contributed by atoms with van der Waals surface area (Å²) < 4.78 is 25.9. The molecule has 0 bridgehead atoms. The highest BCUT2D eigenvalue weighted by Gasteiger charge is 2.42. The first-order chi connectivity index (χ1) is 8.07. The quantitative estimate of drug-likeness (QED) is 0.793. The minimum absolute atomic E-state index is 0.143. The van der Waals surface area contributed by atoms with Crippen molar-refractivity contribution in [2.24, 2.45) is 11.8 Å². The standard InChI is InChI=1S/C12H20F2N2O/c13-12(14)4-3-10(6-12)11(17)16-8-9-2-1-5-15-7-9/h9-10,15H,1-8H2,(H,16,17). The first-order valence-electron chi connectivity index (χ1n) is 6.43. The Bertz CT molecular complexity index is 278. The average Bonchev–Trinajstić information content (AvgIpc) is 2.68. The Labute approximate surface area is 100 Å². The molecule has 0 aromatic carbocycles. The molecule has 2 atom stereocenters. The molecule has 1 heterocycles. The lowest BCUT2D eigenvalue weighted by molar-refractivity contribution is -0.126. The van der Waals surface area contributed by atoms with E-state index in [-0.39, 0.29) is 18.7 Å². The van der Waals surface area contributed by atoms with E-state index in [2.05, 4.69) is 10.6 Å². The summed E-state index contributed by atoms with van der Waals surface area (Å²) in [5, 5.41) is 6.09. The molecular weight excluding hydrogens is 226 g/mol. The molecule has 0 radical (unpaired) electrons. The van der Waals surface area contributed by atoms with Gasteiger partial charge in [-0.1, -0.05) is 0 Å². The summed E-state index contributed by atoms with van der Waals surface area (Å²) in [7, 11) is 0. The van der Waals surface area contributed by atoms with E-state index in [0.29, 0.717) is 18.9 Å². The monoisotopic (exact) mass is 246 g/mol. The highest BCUT2D eigenvalue weighted by atomic mass is 19.3. The molecule has 0 spiro atoms. The highest BCUT2D eigenvalue weighted by molar-refractivity contribution is 5.79. The Morgan fingerprint density at radius 3 is 2.82 bits per heavy atom. The van der Waals surface area contributed by atoms with Crippen molar-refractivity contribution in [1.29, 1.82) is 0 Å². The zero-order valence-electron chi connectivity index (χ0n) is 9.98. The summed E-state index contributed by atoms with van der Waals surface area (Å²) in [6, 6.07) is 0. The fourth-order valence-corrected chi connectivity index (χ4v) is 2.66. The molecule has 3 nitrogen and oxygen atoms in total. The van der Waals surface area contributed by atoms with Crippen LogP contribution < -0.4 is 10.6 Å². The zero-order chi connectivity index (χ0) is 12.3. The van der Waals surface area contributed by atoms with Crippen molar-refractivity contribution in [3.63, 3.8) is 0 Å². The van der Waals surface area contributed by atoms with Crippen LogP contribution in [0.15, 0.2) is 0 Å². The molecule has 0 aromatic rings. The van der Waals surface area contributed by atoms with E-state index in [0.717, 1.165) is 25.9 Å². The third-order valence-electron chi connectivity index (χ3n) is 3.74. The van der Waals surface area contributed by atoms with Crippen molar-refractivity contribution in [1.82, 2.24) is 10.6 Å². The number of carbonyl (C=O) groups is 1. The number of carbonyl (C=O) groups excluding carboxylic acids is 1. The van der Waals surface area contributed by atoms with Crippen LogP contribution in [-0.4, -0.2) is 31.5 Å². The summed E-state index contributed by atoms with van der Waals surface area (Å²) in [5.41, 5.74) is 0. The molecule has 2 fully saturated rings. The second kappa shape index (κ2) is 5.29. The molecule has 1 saturated carbocycles. The highest BCUT2D eigenvalue weighted by Crippen LogP contribution is 2.38. The summed E-state index contributed by atoms with van der Waals surface area (Å²) in [4.78, 5) is 11.7. The predicted molar refractivity (Wildman–Crippen MR) is 60.9 cm³/mol. The maximum atomic E-state index is 13.0. The number of alkyl halides is 2. The third kappa shape index (κ3) is 3.63. The minimum Gasteiger partial charge on any atom is -0.356 e. The number of hydrogen-bond acceptors (Lipinski definition) is 2. The van der Waals surface area contributed by atoms with E-state index >= 15 is 0 Å². The summed E-state index contributed by atoms with van der Waals surface area (Å²) in [5.74, 6) is -2.85. The van der Waals surface area contributed by atoms with Crippen molar-refractivity contribution in [2.45, 2.75) is 38.0 Å². The summed E-state index contributed by atoms with van der Waals surface area (Å²) in [6.07, 6.45) is 2.13. The summed E-state index contributed by atoms with van der Waals surface area (Å²) >= 11 is 0. The molecule has 1 saturated heterocycles.